The van der Waals surface area contributed by atoms with E-state index in [9.17, 15) is 4.79 Å². The normalized spacial score (nSPS) is 15.3. The van der Waals surface area contributed by atoms with Crippen LogP contribution in [0.1, 0.15) is 12.5 Å². The minimum Gasteiger partial charge on any atom is -0.479 e. The van der Waals surface area contributed by atoms with Crippen molar-refractivity contribution in [2.45, 2.75) is 6.92 Å². The fraction of sp³-hybridized carbons (Fsp3) is 0.105. The van der Waals surface area contributed by atoms with Crippen LogP contribution in [0.15, 0.2) is 65.3 Å². The van der Waals surface area contributed by atoms with Gasteiger partial charge in [0.05, 0.1) is 17.0 Å². The number of carbonyl (C=O) groups is 1. The molecule has 0 aliphatic carbocycles. The first kappa shape index (κ1) is 15.5. The fourth-order valence-electron chi connectivity index (χ4n) is 2.37. The van der Waals surface area contributed by atoms with Crippen LogP contribution in [0.25, 0.3) is 6.08 Å². The number of nitriles is 1. The number of hydrogen-bond acceptors (Lipinski definition) is 4. The molecule has 1 aliphatic heterocycles. The number of amides is 1. The number of ether oxygens (including phenoxy) is 1. The number of anilines is 1. The van der Waals surface area contributed by atoms with Gasteiger partial charge in [0.15, 0.2) is 6.61 Å². The lowest BCUT2D eigenvalue weighted by molar-refractivity contribution is -0.114. The number of hydrazone groups is 1. The second-order valence-electron chi connectivity index (χ2n) is 5.21. The zero-order valence-corrected chi connectivity index (χ0v) is 13.1. The van der Waals surface area contributed by atoms with Crippen LogP contribution >= 0.6 is 0 Å². The first-order valence-electron chi connectivity index (χ1n) is 7.45. The molecule has 0 aromatic heterocycles. The van der Waals surface area contributed by atoms with Crippen molar-refractivity contribution in [2.75, 3.05) is 11.6 Å². The lowest BCUT2D eigenvalue weighted by Crippen LogP contribution is -2.21. The average molecular weight is 317 g/mol. The zero-order valence-electron chi connectivity index (χ0n) is 13.1. The van der Waals surface area contributed by atoms with E-state index in [0.717, 1.165) is 11.3 Å². The van der Waals surface area contributed by atoms with Crippen molar-refractivity contribution >= 4 is 23.4 Å². The highest BCUT2D eigenvalue weighted by Crippen LogP contribution is 2.25. The van der Waals surface area contributed by atoms with Crippen molar-refractivity contribution < 1.29 is 9.53 Å². The molecular formula is C19H15N3O2. The lowest BCUT2D eigenvalue weighted by Gasteiger charge is -2.11. The maximum atomic E-state index is 12.6. The largest absolute Gasteiger partial charge is 0.479 e. The Labute approximate surface area is 140 Å². The van der Waals surface area contributed by atoms with E-state index >= 15 is 0 Å². The van der Waals surface area contributed by atoms with E-state index in [0.29, 0.717) is 17.0 Å². The van der Waals surface area contributed by atoms with Gasteiger partial charge in [-0.25, -0.2) is 0 Å². The van der Waals surface area contributed by atoms with Crippen LogP contribution in [0.4, 0.5) is 5.69 Å². The summed E-state index contributed by atoms with van der Waals surface area (Å²) in [5.41, 5.74) is 2.84. The van der Waals surface area contributed by atoms with E-state index in [4.69, 9.17) is 10.00 Å². The predicted molar refractivity (Wildman–Crippen MR) is 92.6 cm³/mol. The van der Waals surface area contributed by atoms with Crippen molar-refractivity contribution in [3.8, 4) is 11.8 Å². The summed E-state index contributed by atoms with van der Waals surface area (Å²) in [4.78, 5) is 12.6. The predicted octanol–water partition coefficient (Wildman–Crippen LogP) is 3.40. The first-order valence-corrected chi connectivity index (χ1v) is 7.45. The quantitative estimate of drug-likeness (QED) is 0.812. The van der Waals surface area contributed by atoms with Crippen LogP contribution in [-0.2, 0) is 4.79 Å². The summed E-state index contributed by atoms with van der Waals surface area (Å²) < 4.78 is 5.22. The molecule has 0 atom stereocenters. The van der Waals surface area contributed by atoms with E-state index in [1.165, 1.54) is 5.01 Å². The molecule has 0 saturated carbocycles. The number of benzene rings is 2. The Hall–Kier alpha value is -3.39. The third-order valence-electron chi connectivity index (χ3n) is 3.56. The van der Waals surface area contributed by atoms with Gasteiger partial charge in [-0.1, -0.05) is 30.3 Å². The summed E-state index contributed by atoms with van der Waals surface area (Å²) in [6, 6.07) is 18.5. The maximum absolute atomic E-state index is 12.6. The topological polar surface area (TPSA) is 65.7 Å². The number of hydrogen-bond donors (Lipinski definition) is 0. The third kappa shape index (κ3) is 3.18. The molecule has 0 N–H and O–H groups in total. The average Bonchev–Trinajstić information content (AvgIpc) is 2.90. The van der Waals surface area contributed by atoms with Gasteiger partial charge in [0.25, 0.3) is 5.91 Å². The van der Waals surface area contributed by atoms with Crippen LogP contribution in [-0.4, -0.2) is 18.2 Å². The second-order valence-corrected chi connectivity index (χ2v) is 5.21. The van der Waals surface area contributed by atoms with Crippen LogP contribution in [0.2, 0.25) is 0 Å². The van der Waals surface area contributed by atoms with E-state index in [1.807, 2.05) is 55.5 Å². The standard InChI is InChI=1S/C19H15N3O2/c1-14-18(13-15-7-9-17(10-8-15)24-12-11-20)19(23)22(21-14)16-5-3-2-4-6-16/h2-10,13H,12H2,1H3/b18-13-. The van der Waals surface area contributed by atoms with Crippen molar-refractivity contribution in [1.82, 2.24) is 0 Å². The molecule has 0 spiro atoms. The van der Waals surface area contributed by atoms with Gasteiger partial charge in [0.2, 0.25) is 0 Å². The number of para-hydroxylation sites is 1. The van der Waals surface area contributed by atoms with Gasteiger partial charge in [-0.05, 0) is 42.8 Å². The molecular weight excluding hydrogens is 302 g/mol. The molecule has 5 heteroatoms. The molecule has 118 valence electrons. The highest BCUT2D eigenvalue weighted by molar-refractivity contribution is 6.32. The lowest BCUT2D eigenvalue weighted by atomic mass is 10.1. The Bertz CT molecular complexity index is 846. The molecule has 2 aromatic carbocycles. The Balaban J connectivity index is 1.82. The van der Waals surface area contributed by atoms with Gasteiger partial charge in [-0.3, -0.25) is 4.79 Å². The highest BCUT2D eigenvalue weighted by atomic mass is 16.5. The third-order valence-corrected chi connectivity index (χ3v) is 3.56. The molecule has 0 saturated heterocycles. The van der Waals surface area contributed by atoms with E-state index in [1.54, 1.807) is 18.2 Å². The summed E-state index contributed by atoms with van der Waals surface area (Å²) in [6.07, 6.45) is 1.80. The van der Waals surface area contributed by atoms with Gasteiger partial charge < -0.3 is 4.74 Å². The van der Waals surface area contributed by atoms with E-state index < -0.39 is 0 Å². The monoisotopic (exact) mass is 317 g/mol. The van der Waals surface area contributed by atoms with Crippen molar-refractivity contribution in [1.29, 1.82) is 5.26 Å². The molecule has 5 nitrogen and oxygen atoms in total. The van der Waals surface area contributed by atoms with Crippen LogP contribution in [0.5, 0.6) is 5.75 Å². The highest BCUT2D eigenvalue weighted by Gasteiger charge is 2.28. The molecule has 0 bridgehead atoms. The number of carbonyl (C=O) groups excluding carboxylic acids is 1. The minimum atomic E-state index is -0.150. The summed E-state index contributed by atoms with van der Waals surface area (Å²) in [7, 11) is 0. The molecule has 1 aliphatic rings. The Morgan fingerprint density at radius 1 is 1.17 bits per heavy atom. The van der Waals surface area contributed by atoms with E-state index in [-0.39, 0.29) is 12.5 Å². The molecule has 24 heavy (non-hydrogen) atoms. The summed E-state index contributed by atoms with van der Waals surface area (Å²) in [5, 5.41) is 14.3. The van der Waals surface area contributed by atoms with Gasteiger partial charge in [-0.2, -0.15) is 15.4 Å². The Morgan fingerprint density at radius 2 is 1.88 bits per heavy atom. The van der Waals surface area contributed by atoms with Gasteiger partial charge in [0, 0.05) is 0 Å². The number of rotatable bonds is 4. The maximum Gasteiger partial charge on any atom is 0.280 e. The van der Waals surface area contributed by atoms with Crippen molar-refractivity contribution in [2.24, 2.45) is 5.10 Å². The van der Waals surface area contributed by atoms with Gasteiger partial charge >= 0.3 is 0 Å². The Kier molecular flexibility index (Phi) is 4.39. The van der Waals surface area contributed by atoms with Crippen LogP contribution in [0, 0.1) is 11.3 Å². The van der Waals surface area contributed by atoms with E-state index in [2.05, 4.69) is 5.10 Å². The fourth-order valence-corrected chi connectivity index (χ4v) is 2.37. The molecule has 2 aromatic rings. The molecule has 3 rings (SSSR count). The Morgan fingerprint density at radius 3 is 2.54 bits per heavy atom. The zero-order chi connectivity index (χ0) is 16.9. The molecule has 0 radical (unpaired) electrons. The molecule has 0 fully saturated rings. The SMILES string of the molecule is CC1=NN(c2ccccc2)C(=O)/C1=C\c1ccc(OCC#N)cc1. The van der Waals surface area contributed by atoms with Gasteiger partial charge in [0.1, 0.15) is 11.8 Å². The first-order chi connectivity index (χ1) is 11.7. The number of nitrogens with zero attached hydrogens (tertiary/aromatic N) is 3. The van der Waals surface area contributed by atoms with Gasteiger partial charge in [-0.15, -0.1) is 0 Å². The molecule has 1 amide bonds. The van der Waals surface area contributed by atoms with Crippen molar-refractivity contribution in [3.05, 3.63) is 65.7 Å². The molecule has 0 unspecified atom stereocenters. The second kappa shape index (κ2) is 6.80. The van der Waals surface area contributed by atoms with Crippen molar-refractivity contribution in [3.63, 3.8) is 0 Å². The van der Waals surface area contributed by atoms with Crippen LogP contribution in [0.3, 0.4) is 0 Å². The summed E-state index contributed by atoms with van der Waals surface area (Å²) >= 11 is 0. The van der Waals surface area contributed by atoms with Crippen LogP contribution < -0.4 is 9.75 Å². The summed E-state index contributed by atoms with van der Waals surface area (Å²) in [6.45, 7) is 1.83. The summed E-state index contributed by atoms with van der Waals surface area (Å²) in [5.74, 6) is 0.469. The minimum absolute atomic E-state index is 0.0106. The molecule has 1 heterocycles. The smallest absolute Gasteiger partial charge is 0.280 e.